The van der Waals surface area contributed by atoms with E-state index in [1.807, 2.05) is 48.9 Å². The first kappa shape index (κ1) is 27.5. The lowest BCUT2D eigenvalue weighted by Crippen LogP contribution is -2.40. The van der Waals surface area contributed by atoms with Gasteiger partial charge in [-0.25, -0.2) is 9.78 Å². The molecule has 1 aliphatic heterocycles. The summed E-state index contributed by atoms with van der Waals surface area (Å²) in [5, 5.41) is 0. The Labute approximate surface area is 222 Å². The van der Waals surface area contributed by atoms with Gasteiger partial charge in [-0.15, -0.1) is 0 Å². The van der Waals surface area contributed by atoms with Crippen LogP contribution in [0.3, 0.4) is 0 Å². The summed E-state index contributed by atoms with van der Waals surface area (Å²) in [6, 6.07) is 7.62. The molecule has 1 amide bonds. The molecule has 0 bridgehead atoms. The van der Waals surface area contributed by atoms with Crippen LogP contribution in [0.4, 0.5) is 0 Å². The normalized spacial score (nSPS) is 14.9. The number of carbonyl (C=O) groups is 1. The highest BCUT2D eigenvalue weighted by atomic mass is 16.5. The van der Waals surface area contributed by atoms with Crippen molar-refractivity contribution in [2.45, 2.75) is 52.6 Å². The Morgan fingerprint density at radius 3 is 2.26 bits per heavy atom. The van der Waals surface area contributed by atoms with Crippen molar-refractivity contribution in [3.05, 3.63) is 56.2 Å². The quantitative estimate of drug-likeness (QED) is 0.387. The van der Waals surface area contributed by atoms with Crippen molar-refractivity contribution in [1.82, 2.24) is 23.6 Å². The highest BCUT2D eigenvalue weighted by Gasteiger charge is 2.21. The molecule has 0 unspecified atom stereocenters. The number of unbranched alkanes of at least 4 members (excludes halogenated alkanes) is 2. The fourth-order valence-corrected chi connectivity index (χ4v) is 4.81. The number of nitrogens with two attached hydrogens (primary N) is 1. The minimum atomic E-state index is -0.444. The molecule has 3 heterocycles. The molecule has 4 rings (SSSR count). The summed E-state index contributed by atoms with van der Waals surface area (Å²) >= 11 is 0. The van der Waals surface area contributed by atoms with E-state index in [1.165, 1.54) is 4.57 Å². The maximum absolute atomic E-state index is 13.3. The van der Waals surface area contributed by atoms with Gasteiger partial charge in [-0.1, -0.05) is 51.0 Å². The van der Waals surface area contributed by atoms with Crippen LogP contribution in [-0.4, -0.2) is 62.3 Å². The van der Waals surface area contributed by atoms with Crippen LogP contribution in [0.15, 0.2) is 39.4 Å². The number of imidazole rings is 1. The molecule has 38 heavy (non-hydrogen) atoms. The summed E-state index contributed by atoms with van der Waals surface area (Å²) in [5.74, 6) is 0.161. The summed E-state index contributed by atoms with van der Waals surface area (Å²) in [7, 11) is 1.84. The second kappa shape index (κ2) is 12.4. The van der Waals surface area contributed by atoms with Gasteiger partial charge in [0.2, 0.25) is 5.91 Å². The number of rotatable bonds is 11. The van der Waals surface area contributed by atoms with Crippen LogP contribution in [0.1, 0.15) is 45.1 Å². The Bertz CT molecular complexity index is 1420. The van der Waals surface area contributed by atoms with Crippen LogP contribution >= 0.6 is 0 Å². The van der Waals surface area contributed by atoms with E-state index in [4.69, 9.17) is 15.5 Å². The summed E-state index contributed by atoms with van der Waals surface area (Å²) in [6.07, 6.45) is 5.21. The molecular formula is C28H38N6O4. The van der Waals surface area contributed by atoms with Gasteiger partial charge in [0.05, 0.1) is 13.2 Å². The van der Waals surface area contributed by atoms with E-state index in [1.54, 1.807) is 4.57 Å². The lowest BCUT2D eigenvalue weighted by Gasteiger charge is -2.26. The molecule has 2 N–H and O–H groups in total. The van der Waals surface area contributed by atoms with E-state index in [0.717, 1.165) is 49.9 Å². The second-order valence-corrected chi connectivity index (χ2v) is 9.81. The fourth-order valence-electron chi connectivity index (χ4n) is 4.81. The first-order valence-corrected chi connectivity index (χ1v) is 13.5. The van der Waals surface area contributed by atoms with Crippen molar-refractivity contribution >= 4 is 23.1 Å². The van der Waals surface area contributed by atoms with Crippen LogP contribution in [0, 0.1) is 0 Å². The molecule has 0 saturated carbocycles. The molecule has 1 fully saturated rings. The number of benzene rings is 1. The van der Waals surface area contributed by atoms with Crippen LogP contribution in [0.25, 0.3) is 28.6 Å². The van der Waals surface area contributed by atoms with Crippen molar-refractivity contribution < 1.29 is 9.53 Å². The number of nitrogens with zero attached hydrogens (tertiary/aromatic N) is 5. The molecule has 0 aliphatic carbocycles. The van der Waals surface area contributed by atoms with Crippen LogP contribution in [0.5, 0.6) is 0 Å². The molecule has 1 aromatic carbocycles. The number of hydrogen-bond acceptors (Lipinski definition) is 6. The van der Waals surface area contributed by atoms with Crippen molar-refractivity contribution in [3.8, 4) is 11.4 Å². The summed E-state index contributed by atoms with van der Waals surface area (Å²) < 4.78 is 10.2. The molecule has 0 atom stereocenters. The van der Waals surface area contributed by atoms with E-state index in [0.29, 0.717) is 55.4 Å². The first-order valence-electron chi connectivity index (χ1n) is 13.5. The Hall–Kier alpha value is -3.50. The Balaban J connectivity index is 1.71. The minimum Gasteiger partial charge on any atom is -0.379 e. The van der Waals surface area contributed by atoms with E-state index in [9.17, 15) is 14.4 Å². The summed E-state index contributed by atoms with van der Waals surface area (Å²) in [6.45, 7) is 8.32. The van der Waals surface area contributed by atoms with Crippen molar-refractivity contribution in [3.63, 3.8) is 0 Å². The van der Waals surface area contributed by atoms with Gasteiger partial charge in [-0.05, 0) is 24.5 Å². The SMILES string of the molecule is CCCCn1c(=O)c2nc(-c3ccc(/C=C(\CN4CCOCC4)C(N)=O)cc3)n(C)c2n(CCCC)c1=O. The van der Waals surface area contributed by atoms with Gasteiger partial charge >= 0.3 is 5.69 Å². The molecule has 0 radical (unpaired) electrons. The number of aryl methyl sites for hydroxylation is 2. The smallest absolute Gasteiger partial charge is 0.332 e. The van der Waals surface area contributed by atoms with E-state index in [-0.39, 0.29) is 11.2 Å². The van der Waals surface area contributed by atoms with Crippen molar-refractivity contribution in [2.75, 3.05) is 32.8 Å². The maximum atomic E-state index is 13.3. The van der Waals surface area contributed by atoms with E-state index in [2.05, 4.69) is 11.8 Å². The molecule has 3 aromatic rings. The molecule has 204 valence electrons. The monoisotopic (exact) mass is 522 g/mol. The number of aromatic nitrogens is 4. The highest BCUT2D eigenvalue weighted by Crippen LogP contribution is 2.23. The molecular weight excluding hydrogens is 484 g/mol. The molecule has 1 aliphatic rings. The van der Waals surface area contributed by atoms with Crippen molar-refractivity contribution in [2.24, 2.45) is 12.8 Å². The van der Waals surface area contributed by atoms with Crippen LogP contribution in [-0.2, 0) is 29.7 Å². The van der Waals surface area contributed by atoms with Gasteiger partial charge < -0.3 is 15.0 Å². The molecule has 1 saturated heterocycles. The fraction of sp³-hybridized carbons (Fsp3) is 0.500. The Morgan fingerprint density at radius 1 is 1.03 bits per heavy atom. The maximum Gasteiger partial charge on any atom is 0.332 e. The van der Waals surface area contributed by atoms with Gasteiger partial charge in [-0.3, -0.25) is 23.6 Å². The van der Waals surface area contributed by atoms with Crippen LogP contribution in [0.2, 0.25) is 0 Å². The zero-order valence-corrected chi connectivity index (χ0v) is 22.6. The number of carbonyl (C=O) groups excluding carboxylic acids is 1. The lowest BCUT2D eigenvalue weighted by atomic mass is 10.1. The first-order chi connectivity index (χ1) is 18.3. The zero-order chi connectivity index (χ0) is 27.2. The number of primary amides is 1. The third-order valence-corrected chi connectivity index (χ3v) is 7.02. The third-order valence-electron chi connectivity index (χ3n) is 7.02. The number of hydrogen-bond donors (Lipinski definition) is 1. The van der Waals surface area contributed by atoms with Gasteiger partial charge in [0.25, 0.3) is 5.56 Å². The summed E-state index contributed by atoms with van der Waals surface area (Å²) in [4.78, 5) is 45.5. The number of amides is 1. The topological polar surface area (TPSA) is 117 Å². The molecule has 10 nitrogen and oxygen atoms in total. The van der Waals surface area contributed by atoms with Crippen LogP contribution < -0.4 is 17.0 Å². The van der Waals surface area contributed by atoms with Gasteiger partial charge in [0.1, 0.15) is 11.5 Å². The second-order valence-electron chi connectivity index (χ2n) is 9.81. The van der Waals surface area contributed by atoms with Gasteiger partial charge in [0.15, 0.2) is 5.52 Å². The highest BCUT2D eigenvalue weighted by molar-refractivity contribution is 5.97. The number of morpholine rings is 1. The average Bonchev–Trinajstić information content (AvgIpc) is 3.26. The largest absolute Gasteiger partial charge is 0.379 e. The molecule has 0 spiro atoms. The molecule has 2 aromatic heterocycles. The zero-order valence-electron chi connectivity index (χ0n) is 22.6. The predicted molar refractivity (Wildman–Crippen MR) is 149 cm³/mol. The Morgan fingerprint density at radius 2 is 1.66 bits per heavy atom. The Kier molecular flexibility index (Phi) is 8.96. The van der Waals surface area contributed by atoms with Gasteiger partial charge in [0, 0.05) is 50.9 Å². The number of fused-ring (bicyclic) bond motifs is 1. The van der Waals surface area contributed by atoms with Crippen molar-refractivity contribution in [1.29, 1.82) is 0 Å². The number of ether oxygens (including phenoxy) is 1. The third kappa shape index (κ3) is 5.81. The van der Waals surface area contributed by atoms with Gasteiger partial charge in [-0.2, -0.15) is 0 Å². The minimum absolute atomic E-state index is 0.279. The lowest BCUT2D eigenvalue weighted by molar-refractivity contribution is -0.114. The average molecular weight is 523 g/mol. The van der Waals surface area contributed by atoms with E-state index < -0.39 is 5.91 Å². The molecule has 10 heteroatoms. The predicted octanol–water partition coefficient (Wildman–Crippen LogP) is 2.36. The summed E-state index contributed by atoms with van der Waals surface area (Å²) in [5.41, 5.74) is 8.08. The standard InChI is InChI=1S/C28H38N6O4/c1-4-6-12-33-26-23(27(36)34(28(33)37)13-7-5-2)30-25(31(26)3)21-10-8-20(9-11-21)18-22(24(29)35)19-32-14-16-38-17-15-32/h8-11,18H,4-7,12-17,19H2,1-3H3,(H2,29,35)/b22-18+. The van der Waals surface area contributed by atoms with E-state index >= 15 is 0 Å².